The van der Waals surface area contributed by atoms with Gasteiger partial charge in [-0.15, -0.1) is 0 Å². The van der Waals surface area contributed by atoms with Crippen molar-refractivity contribution in [3.05, 3.63) is 40.5 Å². The molecule has 1 saturated heterocycles. The topological polar surface area (TPSA) is 99.8 Å². The number of piperazine rings is 1. The number of benzene rings is 1. The minimum Gasteiger partial charge on any atom is -0.342 e. The van der Waals surface area contributed by atoms with Crippen LogP contribution in [0.25, 0.3) is 0 Å². The number of sulfone groups is 1. The lowest BCUT2D eigenvalue weighted by Crippen LogP contribution is -2.52. The molecule has 1 aliphatic carbocycles. The number of hydrogen-bond acceptors (Lipinski definition) is 8. The Bertz CT molecular complexity index is 1130. The van der Waals surface area contributed by atoms with Crippen molar-refractivity contribution in [2.45, 2.75) is 61.8 Å². The summed E-state index contributed by atoms with van der Waals surface area (Å²) in [5.41, 5.74) is 0.556. The van der Waals surface area contributed by atoms with E-state index in [1.54, 1.807) is 24.0 Å². The van der Waals surface area contributed by atoms with Gasteiger partial charge in [-0.1, -0.05) is 28.9 Å². The van der Waals surface area contributed by atoms with Gasteiger partial charge in [0.25, 0.3) is 0 Å². The normalized spacial score (nSPS) is 22.3. The molecule has 11 heteroatoms. The summed E-state index contributed by atoms with van der Waals surface area (Å²) in [5, 5.41) is 3.96. The van der Waals surface area contributed by atoms with E-state index in [0.29, 0.717) is 11.6 Å². The molecule has 192 valence electrons. The third kappa shape index (κ3) is 6.22. The Balaban J connectivity index is 1.35. The fraction of sp³-hybridized carbons (Fsp3) is 0.625. The van der Waals surface area contributed by atoms with Crippen molar-refractivity contribution in [3.8, 4) is 0 Å². The van der Waals surface area contributed by atoms with Gasteiger partial charge in [0.2, 0.25) is 11.8 Å². The van der Waals surface area contributed by atoms with Gasteiger partial charge in [-0.05, 0) is 51.3 Å². The first-order valence-corrected chi connectivity index (χ1v) is 14.1. The largest absolute Gasteiger partial charge is 0.342 e. The summed E-state index contributed by atoms with van der Waals surface area (Å²) in [7, 11) is 0.227. The van der Waals surface area contributed by atoms with Crippen molar-refractivity contribution >= 4 is 27.3 Å². The lowest BCUT2D eigenvalue weighted by atomic mass is 9.88. The number of nitrogens with zero attached hydrogens (tertiary/aromatic N) is 5. The van der Waals surface area contributed by atoms with E-state index in [4.69, 9.17) is 16.1 Å². The van der Waals surface area contributed by atoms with Gasteiger partial charge in [-0.3, -0.25) is 9.69 Å². The van der Waals surface area contributed by atoms with E-state index in [1.807, 2.05) is 7.05 Å². The molecule has 1 saturated carbocycles. The van der Waals surface area contributed by atoms with Gasteiger partial charge >= 0.3 is 0 Å². The van der Waals surface area contributed by atoms with Gasteiger partial charge in [0.15, 0.2) is 15.7 Å². The van der Waals surface area contributed by atoms with Crippen LogP contribution in [0.15, 0.2) is 27.6 Å². The molecular formula is C24H34ClN5O4S. The predicted octanol–water partition coefficient (Wildman–Crippen LogP) is 2.56. The molecule has 0 unspecified atom stereocenters. The van der Waals surface area contributed by atoms with Gasteiger partial charge in [-0.25, -0.2) is 8.42 Å². The zero-order chi connectivity index (χ0) is 25.2. The molecule has 2 fully saturated rings. The van der Waals surface area contributed by atoms with Gasteiger partial charge in [0.05, 0.1) is 9.92 Å². The fourth-order valence-corrected chi connectivity index (χ4v) is 7.24. The van der Waals surface area contributed by atoms with Crippen LogP contribution in [0.3, 0.4) is 0 Å². The minimum absolute atomic E-state index is 0.0163. The zero-order valence-electron chi connectivity index (χ0n) is 20.6. The quantitative estimate of drug-likeness (QED) is 0.546. The molecule has 4 rings (SSSR count). The molecule has 1 aromatic heterocycles. The fourth-order valence-electron chi connectivity index (χ4n) is 5.14. The van der Waals surface area contributed by atoms with Crippen LogP contribution in [-0.4, -0.2) is 91.5 Å². The SMILES string of the molecule is Cc1cccc(Cl)c1S(=O)(=O)Cc1noc(CC(=O)N(C)[C@H]2CCC[C@@H](N3CCN(C)CC3)C2)n1. The van der Waals surface area contributed by atoms with Crippen LogP contribution in [0.1, 0.15) is 43.0 Å². The lowest BCUT2D eigenvalue weighted by molar-refractivity contribution is -0.132. The van der Waals surface area contributed by atoms with Crippen molar-refractivity contribution in [1.82, 2.24) is 24.8 Å². The highest BCUT2D eigenvalue weighted by molar-refractivity contribution is 7.90. The Hall–Kier alpha value is -2.01. The van der Waals surface area contributed by atoms with Crippen molar-refractivity contribution in [2.24, 2.45) is 0 Å². The second-order valence-electron chi connectivity index (χ2n) is 9.74. The van der Waals surface area contributed by atoms with Gasteiger partial charge < -0.3 is 14.3 Å². The molecule has 2 heterocycles. The van der Waals surface area contributed by atoms with Crippen molar-refractivity contribution < 1.29 is 17.7 Å². The molecule has 2 atom stereocenters. The summed E-state index contributed by atoms with van der Waals surface area (Å²) < 4.78 is 31.0. The first kappa shape index (κ1) is 26.1. The Kier molecular flexibility index (Phi) is 8.15. The number of amides is 1. The second kappa shape index (κ2) is 10.9. The Labute approximate surface area is 212 Å². The maximum Gasteiger partial charge on any atom is 0.236 e. The van der Waals surface area contributed by atoms with E-state index in [1.165, 1.54) is 12.5 Å². The van der Waals surface area contributed by atoms with Crippen molar-refractivity contribution in [2.75, 3.05) is 40.3 Å². The van der Waals surface area contributed by atoms with E-state index in [-0.39, 0.29) is 40.0 Å². The third-order valence-corrected chi connectivity index (χ3v) is 9.45. The molecule has 1 aromatic carbocycles. The summed E-state index contributed by atoms with van der Waals surface area (Å²) in [4.78, 5) is 24.0. The average Bonchev–Trinajstić information content (AvgIpc) is 3.24. The highest BCUT2D eigenvalue weighted by Crippen LogP contribution is 2.28. The zero-order valence-corrected chi connectivity index (χ0v) is 22.2. The lowest BCUT2D eigenvalue weighted by Gasteiger charge is -2.43. The summed E-state index contributed by atoms with van der Waals surface area (Å²) in [6.45, 7) is 6.01. The van der Waals surface area contributed by atoms with Crippen molar-refractivity contribution in [3.63, 3.8) is 0 Å². The maximum atomic E-state index is 13.0. The Morgan fingerprint density at radius 3 is 2.69 bits per heavy atom. The average molecular weight is 524 g/mol. The van der Waals surface area contributed by atoms with Gasteiger partial charge in [-0.2, -0.15) is 4.98 Å². The molecule has 0 N–H and O–H groups in total. The van der Waals surface area contributed by atoms with Crippen LogP contribution in [0, 0.1) is 6.92 Å². The molecule has 2 aliphatic rings. The Morgan fingerprint density at radius 2 is 1.97 bits per heavy atom. The van der Waals surface area contributed by atoms with E-state index >= 15 is 0 Å². The molecule has 9 nitrogen and oxygen atoms in total. The maximum absolute atomic E-state index is 13.0. The number of aryl methyl sites for hydroxylation is 1. The molecule has 1 aliphatic heterocycles. The first-order valence-electron chi connectivity index (χ1n) is 12.1. The summed E-state index contributed by atoms with van der Waals surface area (Å²) in [5.74, 6) is -0.411. The first-order chi connectivity index (χ1) is 16.6. The van der Waals surface area contributed by atoms with Gasteiger partial charge in [0, 0.05) is 45.3 Å². The number of likely N-dealkylation sites (N-methyl/N-ethyl adjacent to an activating group) is 2. The second-order valence-corrected chi connectivity index (χ2v) is 12.1. The predicted molar refractivity (Wildman–Crippen MR) is 133 cm³/mol. The number of aromatic nitrogens is 2. The number of carbonyl (C=O) groups excluding carboxylic acids is 1. The van der Waals surface area contributed by atoms with Crippen LogP contribution in [0.5, 0.6) is 0 Å². The van der Waals surface area contributed by atoms with E-state index in [9.17, 15) is 13.2 Å². The summed E-state index contributed by atoms with van der Waals surface area (Å²) >= 11 is 6.13. The standard InChI is InChI=1S/C24H34ClN5O4S/c1-17-6-4-9-20(25)24(17)35(32,33)16-21-26-22(34-27-21)15-23(31)29(3)18-7-5-8-19(14-18)30-12-10-28(2)11-13-30/h4,6,9,18-19H,5,7-8,10-16H2,1-3H3/t18-,19+/m0/s1. The van der Waals surface area contributed by atoms with Gasteiger partial charge in [0.1, 0.15) is 12.2 Å². The van der Waals surface area contributed by atoms with E-state index < -0.39 is 15.6 Å². The number of rotatable bonds is 7. The van der Waals surface area contributed by atoms with Crippen LogP contribution in [0.4, 0.5) is 0 Å². The molecule has 0 bridgehead atoms. The summed E-state index contributed by atoms with van der Waals surface area (Å²) in [6.07, 6.45) is 4.18. The smallest absolute Gasteiger partial charge is 0.236 e. The van der Waals surface area contributed by atoms with Crippen LogP contribution in [-0.2, 0) is 26.8 Å². The molecular weight excluding hydrogens is 490 g/mol. The summed E-state index contributed by atoms with van der Waals surface area (Å²) in [6, 6.07) is 5.61. The molecule has 0 radical (unpaired) electrons. The number of halogens is 1. The Morgan fingerprint density at radius 1 is 1.23 bits per heavy atom. The third-order valence-electron chi connectivity index (χ3n) is 7.22. The van der Waals surface area contributed by atoms with Crippen LogP contribution in [0.2, 0.25) is 5.02 Å². The number of carbonyl (C=O) groups is 1. The molecule has 0 spiro atoms. The van der Waals surface area contributed by atoms with E-state index in [0.717, 1.165) is 45.4 Å². The molecule has 2 aromatic rings. The number of hydrogen-bond donors (Lipinski definition) is 0. The van der Waals surface area contributed by atoms with Crippen LogP contribution >= 0.6 is 11.6 Å². The van der Waals surface area contributed by atoms with Crippen molar-refractivity contribution in [1.29, 1.82) is 0 Å². The highest BCUT2D eigenvalue weighted by Gasteiger charge is 2.32. The van der Waals surface area contributed by atoms with Crippen LogP contribution < -0.4 is 0 Å². The monoisotopic (exact) mass is 523 g/mol. The molecule has 35 heavy (non-hydrogen) atoms. The minimum atomic E-state index is -3.76. The van der Waals surface area contributed by atoms with E-state index in [2.05, 4.69) is 27.0 Å². The molecule has 1 amide bonds. The highest BCUT2D eigenvalue weighted by atomic mass is 35.5.